The van der Waals surface area contributed by atoms with E-state index in [2.05, 4.69) is 206 Å². The number of nitrogens with zero attached hydrogens (tertiary/aromatic N) is 4. The zero-order valence-electron chi connectivity index (χ0n) is 32.4. The number of hydrogen-bond donors (Lipinski definition) is 0. The van der Waals surface area contributed by atoms with Gasteiger partial charge in [0.05, 0.1) is 10.8 Å². The van der Waals surface area contributed by atoms with Crippen LogP contribution in [0, 0.1) is 0 Å². The molecule has 3 aliphatic rings. The SMILES string of the molecule is C.C.CC(C)[n+]1ccc(C=CC=C2Cc3cccc4c3N2CCC4)c2ccccc21.CC(C)[n+]1ccc(C=CC=C2Cc3ccccc3N2C)c2ccccc21. The summed E-state index contributed by atoms with van der Waals surface area (Å²) < 4.78 is 4.67. The van der Waals surface area contributed by atoms with Crippen LogP contribution in [0.25, 0.3) is 34.0 Å². The summed E-state index contributed by atoms with van der Waals surface area (Å²) in [6.07, 6.45) is 22.4. The van der Waals surface area contributed by atoms with Crippen molar-refractivity contribution in [3.63, 3.8) is 0 Å². The van der Waals surface area contributed by atoms with Crippen LogP contribution in [0.4, 0.5) is 11.4 Å². The lowest BCUT2D eigenvalue weighted by Gasteiger charge is -2.28. The first-order valence-corrected chi connectivity index (χ1v) is 19.7. The van der Waals surface area contributed by atoms with Crippen molar-refractivity contribution in [3.8, 4) is 0 Å². The number of anilines is 2. The second-order valence-electron chi connectivity index (χ2n) is 15.3. The average Bonchev–Trinajstić information content (AvgIpc) is 3.72. The Morgan fingerprint density at radius 2 is 1.09 bits per heavy atom. The summed E-state index contributed by atoms with van der Waals surface area (Å²) in [5.41, 5.74) is 15.1. The molecule has 0 aliphatic carbocycles. The van der Waals surface area contributed by atoms with Crippen molar-refractivity contribution in [2.75, 3.05) is 23.4 Å². The highest BCUT2D eigenvalue weighted by atomic mass is 15.2. The van der Waals surface area contributed by atoms with Crippen LogP contribution in [0.1, 0.15) is 88.9 Å². The van der Waals surface area contributed by atoms with Crippen molar-refractivity contribution in [1.82, 2.24) is 0 Å². The van der Waals surface area contributed by atoms with Gasteiger partial charge >= 0.3 is 0 Å². The first-order valence-electron chi connectivity index (χ1n) is 19.7. The van der Waals surface area contributed by atoms with Crippen LogP contribution < -0.4 is 18.9 Å². The number of aromatic nitrogens is 2. The van der Waals surface area contributed by atoms with Gasteiger partial charge in [-0.15, -0.1) is 0 Å². The summed E-state index contributed by atoms with van der Waals surface area (Å²) >= 11 is 0. The van der Waals surface area contributed by atoms with E-state index in [0.717, 1.165) is 19.4 Å². The van der Waals surface area contributed by atoms with Crippen LogP contribution in [0.15, 0.2) is 151 Å². The molecule has 0 amide bonds. The maximum absolute atomic E-state index is 2.54. The van der Waals surface area contributed by atoms with Crippen LogP contribution in [0.2, 0.25) is 0 Å². The zero-order chi connectivity index (χ0) is 37.2. The second kappa shape index (κ2) is 17.4. The summed E-state index contributed by atoms with van der Waals surface area (Å²) in [5.74, 6) is 0. The van der Waals surface area contributed by atoms with Crippen molar-refractivity contribution >= 4 is 45.3 Å². The third kappa shape index (κ3) is 7.84. The van der Waals surface area contributed by atoms with Gasteiger partial charge in [0, 0.05) is 73.5 Å². The van der Waals surface area contributed by atoms with E-state index >= 15 is 0 Å². The number of fused-ring (bicyclic) bond motifs is 3. The summed E-state index contributed by atoms with van der Waals surface area (Å²) in [6, 6.07) is 38.1. The summed E-state index contributed by atoms with van der Waals surface area (Å²) in [5, 5.41) is 2.60. The van der Waals surface area contributed by atoms with Crippen molar-refractivity contribution < 1.29 is 9.13 Å². The molecule has 0 atom stereocenters. The van der Waals surface area contributed by atoms with Gasteiger partial charge in [0.1, 0.15) is 0 Å². The molecule has 0 saturated heterocycles. The number of rotatable bonds is 6. The van der Waals surface area contributed by atoms with Crippen molar-refractivity contribution in [3.05, 3.63) is 179 Å². The molecule has 5 heterocycles. The summed E-state index contributed by atoms with van der Waals surface area (Å²) in [6.45, 7) is 10.1. The standard InChI is InChI=1S/C26H27N2.C24H25N2.2CH4/c1-19(2)27-17-15-20(24-13-3-4-14-25(24)27)8-6-12-23-18-22-10-5-9-21-11-7-16-28(23)26(21)22;1-18(2)26-16-15-19(22-12-5-7-14-24(22)26)10-8-11-21-17-20-9-4-6-13-23(20)25(21)3;;/h3-6,8-10,12-15,17,19H,7,11,16,18H2,1-2H3;4-16,18H,17H2,1-3H3;2*1H4/q2*+1;;. The Balaban J connectivity index is 0.000000184. The molecule has 3 aliphatic heterocycles. The Labute approximate surface area is 336 Å². The molecule has 9 rings (SSSR count). The van der Waals surface area contributed by atoms with E-state index in [9.17, 15) is 0 Å². The second-order valence-corrected chi connectivity index (χ2v) is 15.3. The van der Waals surface area contributed by atoms with E-state index in [1.807, 2.05) is 0 Å². The van der Waals surface area contributed by atoms with Gasteiger partial charge in [0.25, 0.3) is 0 Å². The highest BCUT2D eigenvalue weighted by Gasteiger charge is 2.28. The van der Waals surface area contributed by atoms with Gasteiger partial charge in [-0.3, -0.25) is 0 Å². The lowest BCUT2D eigenvalue weighted by molar-refractivity contribution is -0.691. The number of benzene rings is 4. The van der Waals surface area contributed by atoms with Gasteiger partial charge in [0.2, 0.25) is 11.0 Å². The van der Waals surface area contributed by atoms with Gasteiger partial charge in [-0.2, -0.15) is 9.13 Å². The van der Waals surface area contributed by atoms with Crippen LogP contribution in [0.5, 0.6) is 0 Å². The van der Waals surface area contributed by atoms with Crippen molar-refractivity contribution in [1.29, 1.82) is 0 Å². The quantitative estimate of drug-likeness (QED) is 0.158. The maximum Gasteiger partial charge on any atom is 0.213 e. The molecule has 0 radical (unpaired) electrons. The lowest BCUT2D eigenvalue weighted by atomic mass is 10.0. The first kappa shape index (κ1) is 39.9. The van der Waals surface area contributed by atoms with Gasteiger partial charge in [0.15, 0.2) is 24.5 Å². The van der Waals surface area contributed by atoms with Gasteiger partial charge in [-0.1, -0.05) is 99.8 Å². The van der Waals surface area contributed by atoms with E-state index in [1.165, 1.54) is 85.2 Å². The van der Waals surface area contributed by atoms with E-state index in [-0.39, 0.29) is 14.9 Å². The van der Waals surface area contributed by atoms with E-state index in [1.54, 1.807) is 0 Å². The Hall–Kier alpha value is -5.74. The minimum atomic E-state index is 0. The smallest absolute Gasteiger partial charge is 0.213 e. The topological polar surface area (TPSA) is 14.2 Å². The van der Waals surface area contributed by atoms with Crippen molar-refractivity contribution in [2.24, 2.45) is 0 Å². The molecule has 4 aromatic carbocycles. The fraction of sp³-hybridized carbons (Fsp3) is 0.269. The normalized spacial score (nSPS) is 15.8. The Morgan fingerprint density at radius 1 is 0.571 bits per heavy atom. The number of likely N-dealkylation sites (N-methyl/N-ethyl adjacent to an activating group) is 1. The van der Waals surface area contributed by atoms with Gasteiger partial charge in [-0.25, -0.2) is 0 Å². The molecule has 0 bridgehead atoms. The van der Waals surface area contributed by atoms with Crippen LogP contribution in [-0.2, 0) is 19.3 Å². The fourth-order valence-corrected chi connectivity index (χ4v) is 8.49. The predicted molar refractivity (Wildman–Crippen MR) is 241 cm³/mol. The number of allylic oxidation sites excluding steroid dienone is 6. The summed E-state index contributed by atoms with van der Waals surface area (Å²) in [4.78, 5) is 4.82. The molecule has 0 fully saturated rings. The first-order chi connectivity index (χ1) is 26.4. The molecule has 4 nitrogen and oxygen atoms in total. The number of hydrogen-bond acceptors (Lipinski definition) is 2. The minimum absolute atomic E-state index is 0. The predicted octanol–water partition coefficient (Wildman–Crippen LogP) is 12.2. The molecule has 4 heteroatoms. The zero-order valence-corrected chi connectivity index (χ0v) is 32.4. The third-order valence-electron chi connectivity index (χ3n) is 11.2. The molecule has 0 saturated carbocycles. The lowest BCUT2D eigenvalue weighted by Crippen LogP contribution is -2.36. The third-order valence-corrected chi connectivity index (χ3v) is 11.2. The largest absolute Gasteiger partial charge is 0.348 e. The van der Waals surface area contributed by atoms with E-state index in [4.69, 9.17) is 0 Å². The molecule has 0 unspecified atom stereocenters. The number of aryl methyl sites for hydroxylation is 1. The maximum atomic E-state index is 2.54. The highest BCUT2D eigenvalue weighted by molar-refractivity contribution is 5.86. The highest BCUT2D eigenvalue weighted by Crippen LogP contribution is 2.40. The molecular weight excluding hydrogens is 681 g/mol. The Bertz CT molecular complexity index is 2460. The number of para-hydroxylation sites is 4. The van der Waals surface area contributed by atoms with Gasteiger partial charge < -0.3 is 9.80 Å². The number of pyridine rings is 2. The van der Waals surface area contributed by atoms with Crippen molar-refractivity contribution in [2.45, 2.75) is 80.3 Å². The molecule has 56 heavy (non-hydrogen) atoms. The van der Waals surface area contributed by atoms with E-state index < -0.39 is 0 Å². The summed E-state index contributed by atoms with van der Waals surface area (Å²) in [7, 11) is 2.15. The van der Waals surface area contributed by atoms with Gasteiger partial charge in [-0.05, 0) is 98.7 Å². The molecular formula is C52H60N4+2. The molecule has 286 valence electrons. The van der Waals surface area contributed by atoms with Crippen LogP contribution in [-0.4, -0.2) is 13.6 Å². The molecule has 0 N–H and O–H groups in total. The van der Waals surface area contributed by atoms with Crippen LogP contribution in [0.3, 0.4) is 0 Å². The Kier molecular flexibility index (Phi) is 12.4. The minimum Gasteiger partial charge on any atom is -0.348 e. The molecule has 6 aromatic rings. The van der Waals surface area contributed by atoms with E-state index in [0.29, 0.717) is 12.1 Å². The Morgan fingerprint density at radius 3 is 1.70 bits per heavy atom. The fourth-order valence-electron chi connectivity index (χ4n) is 8.49. The monoisotopic (exact) mass is 740 g/mol. The average molecular weight is 741 g/mol. The molecule has 0 spiro atoms. The molecule has 2 aromatic heterocycles. The van der Waals surface area contributed by atoms with Crippen LogP contribution >= 0.6 is 0 Å².